The van der Waals surface area contributed by atoms with Crippen molar-refractivity contribution >= 4 is 8.32 Å². The molecular formula is C15H34O2Si. The summed E-state index contributed by atoms with van der Waals surface area (Å²) in [6.07, 6.45) is 2.81. The second-order valence-electron chi connectivity index (χ2n) is 6.42. The minimum absolute atomic E-state index is 0.284. The van der Waals surface area contributed by atoms with Crippen molar-refractivity contribution in [3.63, 3.8) is 0 Å². The van der Waals surface area contributed by atoms with Gasteiger partial charge < -0.3 is 9.53 Å². The van der Waals surface area contributed by atoms with E-state index in [1.165, 1.54) is 0 Å². The summed E-state index contributed by atoms with van der Waals surface area (Å²) < 4.78 is 6.36. The molecule has 1 atom stereocenters. The zero-order valence-electron chi connectivity index (χ0n) is 13.5. The van der Waals surface area contributed by atoms with E-state index in [0.29, 0.717) is 23.2 Å². The van der Waals surface area contributed by atoms with E-state index in [0.717, 1.165) is 19.3 Å². The lowest BCUT2D eigenvalue weighted by molar-refractivity contribution is 0.0887. The molecule has 0 aromatic carbocycles. The first-order valence-electron chi connectivity index (χ1n) is 7.60. The van der Waals surface area contributed by atoms with Gasteiger partial charge in [0.05, 0.1) is 12.7 Å². The molecule has 0 unspecified atom stereocenters. The molecule has 0 bridgehead atoms. The molecule has 3 heteroatoms. The maximum Gasteiger partial charge on any atom is 0.200 e. The van der Waals surface area contributed by atoms with E-state index in [9.17, 15) is 5.11 Å². The number of hydrogen-bond donors (Lipinski definition) is 1. The van der Waals surface area contributed by atoms with Gasteiger partial charge in [-0.3, -0.25) is 0 Å². The summed E-state index contributed by atoms with van der Waals surface area (Å²) in [5.74, 6) is 0. The van der Waals surface area contributed by atoms with Crippen LogP contribution in [0, 0.1) is 0 Å². The van der Waals surface area contributed by atoms with Crippen LogP contribution >= 0.6 is 0 Å². The highest BCUT2D eigenvalue weighted by molar-refractivity contribution is 6.77. The lowest BCUT2D eigenvalue weighted by Crippen LogP contribution is -2.49. The van der Waals surface area contributed by atoms with Crippen molar-refractivity contribution in [2.45, 2.75) is 90.5 Å². The second kappa shape index (κ2) is 8.34. The maximum absolute atomic E-state index is 9.99. The van der Waals surface area contributed by atoms with Gasteiger partial charge in [0.15, 0.2) is 8.32 Å². The molecule has 0 spiro atoms. The van der Waals surface area contributed by atoms with Crippen molar-refractivity contribution in [1.82, 2.24) is 0 Å². The molecule has 0 aliphatic rings. The summed E-state index contributed by atoms with van der Waals surface area (Å²) >= 11 is 0. The highest BCUT2D eigenvalue weighted by Crippen LogP contribution is 2.42. The van der Waals surface area contributed by atoms with E-state index in [1.807, 2.05) is 0 Å². The minimum atomic E-state index is -1.79. The molecule has 0 saturated heterocycles. The molecule has 0 rings (SSSR count). The van der Waals surface area contributed by atoms with Gasteiger partial charge in [0.25, 0.3) is 0 Å². The van der Waals surface area contributed by atoms with Gasteiger partial charge in [0.1, 0.15) is 0 Å². The minimum Gasteiger partial charge on any atom is -0.413 e. The molecule has 1 N–H and O–H groups in total. The van der Waals surface area contributed by atoms with Crippen molar-refractivity contribution in [3.8, 4) is 0 Å². The van der Waals surface area contributed by atoms with Crippen LogP contribution in [0.25, 0.3) is 0 Å². The second-order valence-corrected chi connectivity index (χ2v) is 11.9. The van der Waals surface area contributed by atoms with Crippen molar-refractivity contribution in [2.24, 2.45) is 0 Å². The van der Waals surface area contributed by atoms with Crippen LogP contribution in [0.1, 0.15) is 67.7 Å². The molecule has 2 nitrogen and oxygen atoms in total. The molecular weight excluding hydrogens is 240 g/mol. The van der Waals surface area contributed by atoms with E-state index in [-0.39, 0.29) is 6.10 Å². The van der Waals surface area contributed by atoms with Gasteiger partial charge in [-0.25, -0.2) is 0 Å². The molecule has 0 aromatic rings. The van der Waals surface area contributed by atoms with Crippen molar-refractivity contribution in [2.75, 3.05) is 6.61 Å². The van der Waals surface area contributed by atoms with Crippen LogP contribution in [-0.2, 0) is 4.43 Å². The summed E-state index contributed by atoms with van der Waals surface area (Å²) in [6, 6.07) is 0. The van der Waals surface area contributed by atoms with Crippen LogP contribution in [0.5, 0.6) is 0 Å². The van der Waals surface area contributed by atoms with Crippen molar-refractivity contribution < 1.29 is 9.53 Å². The molecule has 0 heterocycles. The molecule has 0 radical (unpaired) electrons. The molecule has 0 amide bonds. The fraction of sp³-hybridized carbons (Fsp3) is 1.00. The van der Waals surface area contributed by atoms with E-state index in [1.54, 1.807) is 0 Å². The molecule has 110 valence electrons. The lowest BCUT2D eigenvalue weighted by atomic mass is 10.2. The Morgan fingerprint density at radius 1 is 0.944 bits per heavy atom. The molecule has 0 aliphatic heterocycles. The molecule has 18 heavy (non-hydrogen) atoms. The Balaban J connectivity index is 4.60. The molecule has 0 fully saturated rings. The molecule has 0 aliphatic carbocycles. The zero-order valence-corrected chi connectivity index (χ0v) is 14.5. The number of hydrogen-bond acceptors (Lipinski definition) is 2. The summed E-state index contributed by atoms with van der Waals surface area (Å²) in [7, 11) is -1.79. The van der Waals surface area contributed by atoms with Crippen LogP contribution in [-0.4, -0.2) is 26.1 Å². The van der Waals surface area contributed by atoms with Crippen LogP contribution < -0.4 is 0 Å². The summed E-state index contributed by atoms with van der Waals surface area (Å²) in [5, 5.41) is 9.99. The van der Waals surface area contributed by atoms with E-state index < -0.39 is 8.32 Å². The Hall–Kier alpha value is 0.137. The molecule has 0 saturated carbocycles. The number of rotatable bonds is 9. The fourth-order valence-corrected chi connectivity index (χ4v) is 8.74. The normalized spacial score (nSPS) is 14.8. The van der Waals surface area contributed by atoms with Crippen LogP contribution in [0.15, 0.2) is 0 Å². The van der Waals surface area contributed by atoms with Crippen LogP contribution in [0.2, 0.25) is 16.6 Å². The first kappa shape index (κ1) is 18.1. The highest BCUT2D eigenvalue weighted by atomic mass is 28.4. The van der Waals surface area contributed by atoms with Gasteiger partial charge in [-0.05, 0) is 23.0 Å². The van der Waals surface area contributed by atoms with E-state index in [2.05, 4.69) is 48.5 Å². The lowest BCUT2D eigenvalue weighted by Gasteiger charge is -2.42. The largest absolute Gasteiger partial charge is 0.413 e. The average molecular weight is 275 g/mol. The van der Waals surface area contributed by atoms with E-state index in [4.69, 9.17) is 4.43 Å². The Kier molecular flexibility index (Phi) is 8.40. The van der Waals surface area contributed by atoms with Crippen LogP contribution in [0.3, 0.4) is 0 Å². The van der Waals surface area contributed by atoms with Gasteiger partial charge in [-0.2, -0.15) is 0 Å². The third kappa shape index (κ3) is 4.67. The highest BCUT2D eigenvalue weighted by Gasteiger charge is 2.45. The van der Waals surface area contributed by atoms with Gasteiger partial charge in [0, 0.05) is 0 Å². The SMILES string of the molecule is CCCC[C@@H](O)CO[Si](C(C)C)(C(C)C)C(C)C. The predicted octanol–water partition coefficient (Wildman–Crippen LogP) is 4.73. The Morgan fingerprint density at radius 2 is 1.39 bits per heavy atom. The van der Waals surface area contributed by atoms with Crippen molar-refractivity contribution in [3.05, 3.63) is 0 Å². The first-order valence-corrected chi connectivity index (χ1v) is 9.75. The first-order chi connectivity index (χ1) is 8.28. The third-order valence-electron chi connectivity index (χ3n) is 4.12. The maximum atomic E-state index is 9.99. The van der Waals surface area contributed by atoms with Gasteiger partial charge in [-0.15, -0.1) is 0 Å². The Bertz CT molecular complexity index is 193. The monoisotopic (exact) mass is 274 g/mol. The Labute approximate surface area is 115 Å². The van der Waals surface area contributed by atoms with Crippen molar-refractivity contribution in [1.29, 1.82) is 0 Å². The number of unbranched alkanes of at least 4 members (excludes halogenated alkanes) is 1. The quantitative estimate of drug-likeness (QED) is 0.616. The predicted molar refractivity (Wildman–Crippen MR) is 82.5 cm³/mol. The standard InChI is InChI=1S/C15H34O2Si/c1-8-9-10-15(16)11-17-18(12(2)3,13(4)5)14(6)7/h12-16H,8-11H2,1-7H3/t15-/m1/s1. The van der Waals surface area contributed by atoms with E-state index >= 15 is 0 Å². The average Bonchev–Trinajstić information content (AvgIpc) is 2.25. The summed E-state index contributed by atoms with van der Waals surface area (Å²) in [4.78, 5) is 0. The number of aliphatic hydroxyl groups is 1. The summed E-state index contributed by atoms with van der Waals surface area (Å²) in [6.45, 7) is 16.4. The van der Waals surface area contributed by atoms with Gasteiger partial charge in [-0.1, -0.05) is 61.3 Å². The smallest absolute Gasteiger partial charge is 0.200 e. The zero-order chi connectivity index (χ0) is 14.3. The number of aliphatic hydroxyl groups excluding tert-OH is 1. The van der Waals surface area contributed by atoms with Crippen LogP contribution in [0.4, 0.5) is 0 Å². The summed E-state index contributed by atoms with van der Waals surface area (Å²) in [5.41, 5.74) is 1.78. The topological polar surface area (TPSA) is 29.5 Å². The van der Waals surface area contributed by atoms with Gasteiger partial charge in [0.2, 0.25) is 0 Å². The third-order valence-corrected chi connectivity index (χ3v) is 10.2. The Morgan fingerprint density at radius 3 is 1.72 bits per heavy atom. The fourth-order valence-electron chi connectivity index (χ4n) is 3.26. The van der Waals surface area contributed by atoms with Gasteiger partial charge >= 0.3 is 0 Å². The molecule has 0 aromatic heterocycles.